The average Bonchev–Trinajstić information content (AvgIpc) is 3.15. The number of benzene rings is 3. The highest BCUT2D eigenvalue weighted by Gasteiger charge is 2.25. The molecule has 0 radical (unpaired) electrons. The summed E-state index contributed by atoms with van der Waals surface area (Å²) in [4.78, 5) is 35.4. The van der Waals surface area contributed by atoms with Crippen LogP contribution in [0, 0.1) is 5.82 Å². The molecule has 0 bridgehead atoms. The molecule has 0 atom stereocenters. The summed E-state index contributed by atoms with van der Waals surface area (Å²) in [7, 11) is 1.51. The first-order valence-electron chi connectivity index (χ1n) is 10.7. The number of nitrogens with two attached hydrogens (primary N) is 1. The number of methoxy groups -OCH3 is 1. The molecule has 8 nitrogen and oxygen atoms in total. The van der Waals surface area contributed by atoms with E-state index in [-0.39, 0.29) is 29.2 Å². The fourth-order valence-corrected chi connectivity index (χ4v) is 4.01. The number of imidazole rings is 1. The second kappa shape index (κ2) is 8.86. The number of halogens is 1. The smallest absolute Gasteiger partial charge is 0.335 e. The van der Waals surface area contributed by atoms with Gasteiger partial charge in [-0.25, -0.2) is 23.7 Å². The number of carbonyl (C=O) groups is 1. The number of hydrogen-bond donors (Lipinski definition) is 1. The van der Waals surface area contributed by atoms with Crippen LogP contribution in [0.25, 0.3) is 28.2 Å². The normalized spacial score (nSPS) is 11.0. The number of hydrogen-bond acceptors (Lipinski definition) is 5. The van der Waals surface area contributed by atoms with Crippen LogP contribution in [0.5, 0.6) is 5.75 Å². The molecule has 0 aliphatic heterocycles. The second-order valence-electron chi connectivity index (χ2n) is 7.80. The van der Waals surface area contributed by atoms with Crippen molar-refractivity contribution in [3.8, 4) is 22.8 Å². The van der Waals surface area contributed by atoms with Gasteiger partial charge in [-0.05, 0) is 42.0 Å². The van der Waals surface area contributed by atoms with Gasteiger partial charge < -0.3 is 10.5 Å². The summed E-state index contributed by atoms with van der Waals surface area (Å²) in [6, 6.07) is 21.8. The zero-order chi connectivity index (χ0) is 24.5. The molecule has 2 N–H and O–H groups in total. The van der Waals surface area contributed by atoms with Gasteiger partial charge in [0.1, 0.15) is 17.1 Å². The first-order valence-corrected chi connectivity index (χ1v) is 10.7. The Labute approximate surface area is 199 Å². The van der Waals surface area contributed by atoms with Crippen molar-refractivity contribution in [3.63, 3.8) is 0 Å². The zero-order valence-electron chi connectivity index (χ0n) is 18.7. The van der Waals surface area contributed by atoms with Crippen molar-refractivity contribution in [2.75, 3.05) is 7.11 Å². The lowest BCUT2D eigenvalue weighted by molar-refractivity contribution is 0.0997. The fourth-order valence-electron chi connectivity index (χ4n) is 4.01. The molecular weight excluding hydrogens is 449 g/mol. The maximum Gasteiger partial charge on any atom is 0.335 e. The number of nitrogens with zero attached hydrogens (tertiary/aromatic N) is 4. The standard InChI is InChI=1S/C26H20FN5O3/c1-35-20-10-6-5-9-19(20)24-29-21(23(28)33)22-25(30-24)32(18-13-11-17(27)12-14-18)26(34)31(22)15-16-7-3-2-4-8-16/h2-14H,15H2,1H3,(H2,28,33). The Morgan fingerprint density at radius 1 is 0.971 bits per heavy atom. The van der Waals surface area contributed by atoms with Gasteiger partial charge in [0.2, 0.25) is 0 Å². The Bertz CT molecular complexity index is 1610. The SMILES string of the molecule is COc1ccccc1-c1nc(C(N)=O)c2c(n1)n(-c1ccc(F)cc1)c(=O)n2Cc1ccccc1. The summed E-state index contributed by atoms with van der Waals surface area (Å²) in [5.74, 6) is -0.609. The number of primary amides is 1. The van der Waals surface area contributed by atoms with Crippen LogP contribution in [-0.4, -0.2) is 32.1 Å². The van der Waals surface area contributed by atoms with Crippen molar-refractivity contribution in [2.24, 2.45) is 5.73 Å². The van der Waals surface area contributed by atoms with Crippen LogP contribution >= 0.6 is 0 Å². The number of amides is 1. The third-order valence-electron chi connectivity index (χ3n) is 5.62. The lowest BCUT2D eigenvalue weighted by atomic mass is 10.1. The van der Waals surface area contributed by atoms with Crippen LogP contribution in [0.1, 0.15) is 16.1 Å². The highest BCUT2D eigenvalue weighted by molar-refractivity contribution is 6.02. The highest BCUT2D eigenvalue weighted by atomic mass is 19.1. The van der Waals surface area contributed by atoms with Gasteiger partial charge in [-0.15, -0.1) is 0 Å². The molecule has 0 unspecified atom stereocenters. The average molecular weight is 469 g/mol. The second-order valence-corrected chi connectivity index (χ2v) is 7.80. The van der Waals surface area contributed by atoms with Gasteiger partial charge in [0, 0.05) is 0 Å². The van der Waals surface area contributed by atoms with Crippen LogP contribution in [0.4, 0.5) is 4.39 Å². The Kier molecular flexibility index (Phi) is 5.58. The number of aromatic nitrogens is 4. The van der Waals surface area contributed by atoms with Gasteiger partial charge in [-0.3, -0.25) is 9.36 Å². The van der Waals surface area contributed by atoms with E-state index in [4.69, 9.17) is 10.5 Å². The van der Waals surface area contributed by atoms with Crippen LogP contribution in [0.3, 0.4) is 0 Å². The minimum atomic E-state index is -0.813. The zero-order valence-corrected chi connectivity index (χ0v) is 18.7. The predicted octanol–water partition coefficient (Wildman–Crippen LogP) is 3.54. The minimum Gasteiger partial charge on any atom is -0.496 e. The number of ether oxygens (including phenoxy) is 1. The summed E-state index contributed by atoms with van der Waals surface area (Å²) in [6.07, 6.45) is 0. The molecule has 174 valence electrons. The predicted molar refractivity (Wildman–Crippen MR) is 129 cm³/mol. The van der Waals surface area contributed by atoms with Crippen molar-refractivity contribution in [2.45, 2.75) is 6.54 Å². The lowest BCUT2D eigenvalue weighted by Gasteiger charge is -2.10. The quantitative estimate of drug-likeness (QED) is 0.410. The molecule has 0 spiro atoms. The molecule has 1 amide bonds. The van der Waals surface area contributed by atoms with Crippen molar-refractivity contribution in [1.82, 2.24) is 19.1 Å². The van der Waals surface area contributed by atoms with Crippen molar-refractivity contribution >= 4 is 17.1 Å². The molecule has 5 aromatic rings. The van der Waals surface area contributed by atoms with Crippen molar-refractivity contribution < 1.29 is 13.9 Å². The van der Waals surface area contributed by atoms with Gasteiger partial charge in [0.05, 0.1) is 24.9 Å². The van der Waals surface area contributed by atoms with Crippen LogP contribution in [0.15, 0.2) is 83.7 Å². The lowest BCUT2D eigenvalue weighted by Crippen LogP contribution is -2.24. The summed E-state index contributed by atoms with van der Waals surface area (Å²) >= 11 is 0. The van der Waals surface area contributed by atoms with E-state index in [0.29, 0.717) is 17.0 Å². The third kappa shape index (κ3) is 3.93. The van der Waals surface area contributed by atoms with E-state index in [0.717, 1.165) is 5.56 Å². The van der Waals surface area contributed by atoms with E-state index in [2.05, 4.69) is 9.97 Å². The van der Waals surface area contributed by atoms with E-state index in [9.17, 15) is 14.0 Å². The van der Waals surface area contributed by atoms with Crippen LogP contribution < -0.4 is 16.2 Å². The summed E-state index contributed by atoms with van der Waals surface area (Å²) < 4.78 is 21.8. The molecule has 0 fully saturated rings. The molecule has 3 aromatic carbocycles. The maximum atomic E-state index is 13.7. The number of fused-ring (bicyclic) bond motifs is 1. The molecular formula is C26H20FN5O3. The molecule has 2 heterocycles. The monoisotopic (exact) mass is 469 g/mol. The molecule has 35 heavy (non-hydrogen) atoms. The van der Waals surface area contributed by atoms with Crippen molar-refractivity contribution in [3.05, 3.63) is 106 Å². The topological polar surface area (TPSA) is 105 Å². The number of para-hydroxylation sites is 1. The molecule has 5 rings (SSSR count). The molecule has 2 aromatic heterocycles. The van der Waals surface area contributed by atoms with E-state index >= 15 is 0 Å². The van der Waals surface area contributed by atoms with E-state index in [1.165, 1.54) is 40.5 Å². The van der Waals surface area contributed by atoms with Gasteiger partial charge in [0.25, 0.3) is 5.91 Å². The molecule has 0 saturated heterocycles. The van der Waals surface area contributed by atoms with Crippen molar-refractivity contribution in [1.29, 1.82) is 0 Å². The largest absolute Gasteiger partial charge is 0.496 e. The molecule has 0 aliphatic rings. The fraction of sp³-hybridized carbons (Fsp3) is 0.0769. The minimum absolute atomic E-state index is 0.107. The number of carbonyl (C=O) groups excluding carboxylic acids is 1. The van der Waals surface area contributed by atoms with Gasteiger partial charge in [-0.2, -0.15) is 0 Å². The number of rotatable bonds is 6. The van der Waals surface area contributed by atoms with Gasteiger partial charge in [-0.1, -0.05) is 42.5 Å². The molecule has 0 aliphatic carbocycles. The Morgan fingerprint density at radius 2 is 1.66 bits per heavy atom. The summed E-state index contributed by atoms with van der Waals surface area (Å²) in [5.41, 5.74) is 7.26. The molecule has 0 saturated carbocycles. The molecule has 9 heteroatoms. The Hall–Kier alpha value is -4.79. The summed E-state index contributed by atoms with van der Waals surface area (Å²) in [5, 5.41) is 0. The van der Waals surface area contributed by atoms with Gasteiger partial charge in [0.15, 0.2) is 17.2 Å². The Balaban J connectivity index is 1.87. The van der Waals surface area contributed by atoms with Gasteiger partial charge >= 0.3 is 5.69 Å². The van der Waals surface area contributed by atoms with Crippen LogP contribution in [-0.2, 0) is 6.54 Å². The maximum absolute atomic E-state index is 13.7. The highest BCUT2D eigenvalue weighted by Crippen LogP contribution is 2.30. The van der Waals surface area contributed by atoms with E-state index in [1.807, 2.05) is 30.3 Å². The third-order valence-corrected chi connectivity index (χ3v) is 5.62. The summed E-state index contributed by atoms with van der Waals surface area (Å²) in [6.45, 7) is 0.155. The Morgan fingerprint density at radius 3 is 2.34 bits per heavy atom. The first-order chi connectivity index (χ1) is 17.0. The van der Waals surface area contributed by atoms with Crippen LogP contribution in [0.2, 0.25) is 0 Å². The van der Waals surface area contributed by atoms with E-state index in [1.54, 1.807) is 24.3 Å². The first kappa shape index (κ1) is 22.0. The van der Waals surface area contributed by atoms with E-state index < -0.39 is 17.4 Å².